The van der Waals surface area contributed by atoms with Gasteiger partial charge < -0.3 is 5.11 Å². The van der Waals surface area contributed by atoms with Crippen LogP contribution in [0.3, 0.4) is 0 Å². The molecule has 3 aliphatic carbocycles. The van der Waals surface area contributed by atoms with E-state index in [4.69, 9.17) is 5.26 Å². The lowest BCUT2D eigenvalue weighted by atomic mass is 9.45. The molecule has 0 saturated heterocycles. The Morgan fingerprint density at radius 2 is 2.21 bits per heavy atom. The molecule has 0 radical (unpaired) electrons. The maximum Gasteiger partial charge on any atom is 0.0701 e. The predicted octanol–water partition coefficient (Wildman–Crippen LogP) is 2.33. The third-order valence-corrected chi connectivity index (χ3v) is 4.71. The molecular formula is C12H19NO. The molecule has 78 valence electrons. The van der Waals surface area contributed by atoms with Crippen molar-refractivity contribution in [2.45, 2.75) is 45.6 Å². The summed E-state index contributed by atoms with van der Waals surface area (Å²) in [6, 6.07) is 2.08. The lowest BCUT2D eigenvalue weighted by Gasteiger charge is -2.60. The zero-order valence-corrected chi connectivity index (χ0v) is 9.03. The van der Waals surface area contributed by atoms with E-state index in [0.29, 0.717) is 23.7 Å². The minimum atomic E-state index is -0.384. The van der Waals surface area contributed by atoms with E-state index in [-0.39, 0.29) is 6.10 Å². The first-order valence-electron chi connectivity index (χ1n) is 5.62. The van der Waals surface area contributed by atoms with Crippen molar-refractivity contribution in [3.05, 3.63) is 0 Å². The Kier molecular flexibility index (Phi) is 2.31. The number of nitriles is 1. The second-order valence-corrected chi connectivity index (χ2v) is 5.53. The van der Waals surface area contributed by atoms with Gasteiger partial charge in [0.15, 0.2) is 0 Å². The minimum Gasteiger partial charge on any atom is -0.392 e. The van der Waals surface area contributed by atoms with Crippen molar-refractivity contribution in [1.82, 2.24) is 0 Å². The molecule has 3 fully saturated rings. The van der Waals surface area contributed by atoms with Crippen LogP contribution in [-0.2, 0) is 0 Å². The minimum absolute atomic E-state index is 0.307. The zero-order chi connectivity index (χ0) is 10.3. The molecule has 1 N–H and O–H groups in total. The average molecular weight is 193 g/mol. The molecule has 2 nitrogen and oxygen atoms in total. The van der Waals surface area contributed by atoms with Crippen molar-refractivity contribution >= 4 is 0 Å². The molecule has 0 heterocycles. The van der Waals surface area contributed by atoms with Crippen LogP contribution in [0.1, 0.15) is 39.5 Å². The third kappa shape index (κ3) is 1.26. The monoisotopic (exact) mass is 193 g/mol. The van der Waals surface area contributed by atoms with Crippen molar-refractivity contribution in [2.24, 2.45) is 23.2 Å². The standard InChI is InChI=1S/C12H19NO/c1-12(2)8-3-4-9(10(12)7-8)11(14)5-6-13/h8-11,14H,3-5,7H2,1-2H3. The van der Waals surface area contributed by atoms with Gasteiger partial charge in [-0.05, 0) is 42.4 Å². The summed E-state index contributed by atoms with van der Waals surface area (Å²) >= 11 is 0. The summed E-state index contributed by atoms with van der Waals surface area (Å²) in [5, 5.41) is 18.5. The van der Waals surface area contributed by atoms with Crippen molar-refractivity contribution in [3.63, 3.8) is 0 Å². The molecule has 0 aromatic carbocycles. The summed E-state index contributed by atoms with van der Waals surface area (Å²) in [5.74, 6) is 1.91. The van der Waals surface area contributed by atoms with Crippen LogP contribution in [0.15, 0.2) is 0 Å². The summed E-state index contributed by atoms with van der Waals surface area (Å²) in [5.41, 5.74) is 0.416. The van der Waals surface area contributed by atoms with Crippen LogP contribution < -0.4 is 0 Å². The van der Waals surface area contributed by atoms with Crippen LogP contribution in [0.2, 0.25) is 0 Å². The Bertz CT molecular complexity index is 264. The molecule has 3 aliphatic rings. The molecule has 0 aliphatic heterocycles. The first-order valence-corrected chi connectivity index (χ1v) is 5.62. The van der Waals surface area contributed by atoms with Crippen LogP contribution >= 0.6 is 0 Å². The highest BCUT2D eigenvalue weighted by atomic mass is 16.3. The summed E-state index contributed by atoms with van der Waals surface area (Å²) in [4.78, 5) is 0. The summed E-state index contributed by atoms with van der Waals surface area (Å²) < 4.78 is 0. The van der Waals surface area contributed by atoms with E-state index in [0.717, 1.165) is 12.3 Å². The number of rotatable bonds is 2. The summed E-state index contributed by atoms with van der Waals surface area (Å²) in [7, 11) is 0. The normalized spacial score (nSPS) is 40.9. The van der Waals surface area contributed by atoms with Gasteiger partial charge in [-0.2, -0.15) is 5.26 Å². The number of hydrogen-bond acceptors (Lipinski definition) is 2. The molecule has 4 unspecified atom stereocenters. The molecule has 0 amide bonds. The predicted molar refractivity (Wildman–Crippen MR) is 54.3 cm³/mol. The van der Waals surface area contributed by atoms with Gasteiger partial charge in [0.05, 0.1) is 18.6 Å². The molecule has 14 heavy (non-hydrogen) atoms. The molecule has 3 saturated carbocycles. The molecule has 2 bridgehead atoms. The first-order chi connectivity index (χ1) is 6.57. The zero-order valence-electron chi connectivity index (χ0n) is 9.03. The largest absolute Gasteiger partial charge is 0.392 e. The van der Waals surface area contributed by atoms with E-state index >= 15 is 0 Å². The van der Waals surface area contributed by atoms with Gasteiger partial charge in [-0.3, -0.25) is 0 Å². The second-order valence-electron chi connectivity index (χ2n) is 5.53. The van der Waals surface area contributed by atoms with Crippen LogP contribution in [0.25, 0.3) is 0 Å². The molecule has 2 heteroatoms. The van der Waals surface area contributed by atoms with Gasteiger partial charge >= 0.3 is 0 Å². The van der Waals surface area contributed by atoms with Crippen LogP contribution in [0, 0.1) is 34.5 Å². The highest BCUT2D eigenvalue weighted by molar-refractivity contribution is 5.05. The topological polar surface area (TPSA) is 44.0 Å². The smallest absolute Gasteiger partial charge is 0.0701 e. The molecular weight excluding hydrogens is 174 g/mol. The molecule has 0 aromatic heterocycles. The van der Waals surface area contributed by atoms with Gasteiger partial charge in [-0.25, -0.2) is 0 Å². The Morgan fingerprint density at radius 1 is 1.50 bits per heavy atom. The molecule has 3 rings (SSSR count). The fourth-order valence-electron chi connectivity index (χ4n) is 3.57. The highest BCUT2D eigenvalue weighted by Crippen LogP contribution is 2.62. The fraction of sp³-hybridized carbons (Fsp3) is 0.917. The maximum atomic E-state index is 9.88. The number of aliphatic hydroxyl groups is 1. The summed E-state index contributed by atoms with van der Waals surface area (Å²) in [6.07, 6.45) is 3.57. The van der Waals surface area contributed by atoms with E-state index in [1.54, 1.807) is 0 Å². The molecule has 4 atom stereocenters. The second kappa shape index (κ2) is 3.24. The first kappa shape index (κ1) is 9.98. The van der Waals surface area contributed by atoms with Crippen LogP contribution in [-0.4, -0.2) is 11.2 Å². The van der Waals surface area contributed by atoms with Crippen molar-refractivity contribution < 1.29 is 5.11 Å². The van der Waals surface area contributed by atoms with Crippen molar-refractivity contribution in [2.75, 3.05) is 0 Å². The van der Waals surface area contributed by atoms with Gasteiger partial charge in [-0.15, -0.1) is 0 Å². The number of fused-ring (bicyclic) bond motifs is 2. The quantitative estimate of drug-likeness (QED) is 0.731. The van der Waals surface area contributed by atoms with E-state index in [9.17, 15) is 5.11 Å². The average Bonchev–Trinajstić information content (AvgIpc) is 2.18. The van der Waals surface area contributed by atoms with Crippen molar-refractivity contribution in [1.29, 1.82) is 5.26 Å². The highest BCUT2D eigenvalue weighted by Gasteiger charge is 2.55. The Labute approximate surface area is 85.9 Å². The van der Waals surface area contributed by atoms with Crippen LogP contribution in [0.4, 0.5) is 0 Å². The third-order valence-electron chi connectivity index (χ3n) is 4.71. The maximum absolute atomic E-state index is 9.88. The van der Waals surface area contributed by atoms with Gasteiger partial charge in [0.25, 0.3) is 0 Å². The lowest BCUT2D eigenvalue weighted by Crippen LogP contribution is -2.54. The van der Waals surface area contributed by atoms with Crippen molar-refractivity contribution in [3.8, 4) is 6.07 Å². The van der Waals surface area contributed by atoms with Gasteiger partial charge in [0.1, 0.15) is 0 Å². The van der Waals surface area contributed by atoms with E-state index in [2.05, 4.69) is 19.9 Å². The van der Waals surface area contributed by atoms with Crippen LogP contribution in [0.5, 0.6) is 0 Å². The van der Waals surface area contributed by atoms with E-state index < -0.39 is 0 Å². The number of hydrogen-bond donors (Lipinski definition) is 1. The Hall–Kier alpha value is -0.550. The SMILES string of the molecule is CC1(C)C2CCC(C(O)CC#N)C1C2. The van der Waals surface area contributed by atoms with Gasteiger partial charge in [-0.1, -0.05) is 13.8 Å². The lowest BCUT2D eigenvalue weighted by molar-refractivity contribution is -0.136. The van der Waals surface area contributed by atoms with E-state index in [1.165, 1.54) is 12.8 Å². The number of aliphatic hydroxyl groups excluding tert-OH is 1. The molecule has 0 spiro atoms. The molecule has 0 aromatic rings. The van der Waals surface area contributed by atoms with Gasteiger partial charge in [0, 0.05) is 0 Å². The fourth-order valence-corrected chi connectivity index (χ4v) is 3.57. The Morgan fingerprint density at radius 3 is 2.71 bits per heavy atom. The Balaban J connectivity index is 2.04. The summed E-state index contributed by atoms with van der Waals surface area (Å²) in [6.45, 7) is 4.63. The number of nitrogens with zero attached hydrogens (tertiary/aromatic N) is 1. The van der Waals surface area contributed by atoms with E-state index in [1.807, 2.05) is 0 Å². The van der Waals surface area contributed by atoms with Gasteiger partial charge in [0.2, 0.25) is 0 Å².